The van der Waals surface area contributed by atoms with Gasteiger partial charge >= 0.3 is 0 Å². The van der Waals surface area contributed by atoms with Gasteiger partial charge in [-0.15, -0.1) is 0 Å². The van der Waals surface area contributed by atoms with Crippen LogP contribution in [0.4, 0.5) is 5.69 Å². The molecule has 112 valence electrons. The Labute approximate surface area is 128 Å². The molecule has 0 fully saturated rings. The van der Waals surface area contributed by atoms with Gasteiger partial charge in [0.05, 0.1) is 30.5 Å². The van der Waals surface area contributed by atoms with E-state index in [0.717, 1.165) is 0 Å². The van der Waals surface area contributed by atoms with Crippen molar-refractivity contribution in [1.82, 2.24) is 4.90 Å². The number of rotatable bonds is 8. The van der Waals surface area contributed by atoms with Crippen LogP contribution in [0.3, 0.4) is 0 Å². The lowest BCUT2D eigenvalue weighted by atomic mass is 10.3. The maximum absolute atomic E-state index is 11.9. The van der Waals surface area contributed by atoms with Crippen LogP contribution in [0.15, 0.2) is 18.2 Å². The van der Waals surface area contributed by atoms with E-state index < -0.39 is 0 Å². The first-order chi connectivity index (χ1) is 9.56. The van der Waals surface area contributed by atoms with E-state index in [1.165, 1.54) is 0 Å². The average Bonchev–Trinajstić information content (AvgIpc) is 2.40. The Bertz CT molecular complexity index is 444. The summed E-state index contributed by atoms with van der Waals surface area (Å²) in [4.78, 5) is 13.7. The largest absolute Gasteiger partial charge is 0.395 e. The number of ether oxygens (including phenoxy) is 1. The predicted molar refractivity (Wildman–Crippen MR) is 80.5 cm³/mol. The van der Waals surface area contributed by atoms with Gasteiger partial charge in [0.15, 0.2) is 0 Å². The molecule has 0 atom stereocenters. The second-order valence-electron chi connectivity index (χ2n) is 4.16. The molecule has 2 N–H and O–H groups in total. The summed E-state index contributed by atoms with van der Waals surface area (Å²) in [6.45, 7) is 1.58. The molecule has 0 aromatic heterocycles. The smallest absolute Gasteiger partial charge is 0.238 e. The number of hydrogen-bond donors (Lipinski definition) is 2. The van der Waals surface area contributed by atoms with Gasteiger partial charge < -0.3 is 15.2 Å². The first kappa shape index (κ1) is 17.2. The zero-order valence-corrected chi connectivity index (χ0v) is 12.7. The van der Waals surface area contributed by atoms with E-state index in [1.807, 2.05) is 0 Å². The van der Waals surface area contributed by atoms with Crippen LogP contribution in [-0.2, 0) is 9.53 Å². The molecule has 7 heteroatoms. The highest BCUT2D eigenvalue weighted by Crippen LogP contribution is 2.25. The lowest BCUT2D eigenvalue weighted by Gasteiger charge is -2.20. The maximum atomic E-state index is 11.9. The molecule has 1 amide bonds. The fourth-order valence-corrected chi connectivity index (χ4v) is 1.95. The molecule has 1 aromatic carbocycles. The summed E-state index contributed by atoms with van der Waals surface area (Å²) in [6.07, 6.45) is 0. The van der Waals surface area contributed by atoms with Crippen LogP contribution in [0.25, 0.3) is 0 Å². The third-order valence-electron chi connectivity index (χ3n) is 2.60. The fourth-order valence-electron chi connectivity index (χ4n) is 1.62. The van der Waals surface area contributed by atoms with Crippen molar-refractivity contribution in [2.45, 2.75) is 0 Å². The number of anilines is 1. The number of amides is 1. The molecule has 0 aliphatic carbocycles. The fraction of sp³-hybridized carbons (Fsp3) is 0.462. The highest BCUT2D eigenvalue weighted by molar-refractivity contribution is 6.35. The summed E-state index contributed by atoms with van der Waals surface area (Å²) in [7, 11) is 1.59. The minimum absolute atomic E-state index is 0.0189. The highest BCUT2D eigenvalue weighted by Gasteiger charge is 2.12. The van der Waals surface area contributed by atoms with Crippen molar-refractivity contribution in [3.63, 3.8) is 0 Å². The van der Waals surface area contributed by atoms with Crippen molar-refractivity contribution in [1.29, 1.82) is 0 Å². The Hall–Kier alpha value is -0.850. The van der Waals surface area contributed by atoms with Gasteiger partial charge in [-0.25, -0.2) is 0 Å². The number of carbonyl (C=O) groups is 1. The lowest BCUT2D eigenvalue weighted by molar-refractivity contribution is -0.117. The Morgan fingerprint density at radius 2 is 2.15 bits per heavy atom. The molecule has 0 bridgehead atoms. The van der Waals surface area contributed by atoms with Gasteiger partial charge in [0, 0.05) is 25.2 Å². The number of methoxy groups -OCH3 is 1. The van der Waals surface area contributed by atoms with Gasteiger partial charge in [-0.2, -0.15) is 0 Å². The van der Waals surface area contributed by atoms with Gasteiger partial charge in [-0.1, -0.05) is 23.2 Å². The van der Waals surface area contributed by atoms with Gasteiger partial charge in [0.2, 0.25) is 5.91 Å². The van der Waals surface area contributed by atoms with Crippen molar-refractivity contribution in [3.05, 3.63) is 28.2 Å². The number of halogens is 2. The summed E-state index contributed by atoms with van der Waals surface area (Å²) in [6, 6.07) is 4.86. The van der Waals surface area contributed by atoms with E-state index >= 15 is 0 Å². The van der Waals surface area contributed by atoms with E-state index in [4.69, 9.17) is 33.0 Å². The third kappa shape index (κ3) is 6.07. The molecule has 1 aromatic rings. The number of nitrogens with one attached hydrogen (secondary N) is 1. The van der Waals surface area contributed by atoms with E-state index in [0.29, 0.717) is 35.4 Å². The van der Waals surface area contributed by atoms with Gasteiger partial charge in [-0.3, -0.25) is 9.69 Å². The van der Waals surface area contributed by atoms with Crippen LogP contribution in [0, 0.1) is 0 Å². The minimum atomic E-state index is -0.223. The molecular weight excluding hydrogens is 303 g/mol. The zero-order valence-electron chi connectivity index (χ0n) is 11.2. The summed E-state index contributed by atoms with van der Waals surface area (Å²) in [5, 5.41) is 12.6. The Morgan fingerprint density at radius 3 is 2.80 bits per heavy atom. The standard InChI is InChI=1S/C13H18Cl2N2O3/c1-20-7-5-17(4-6-18)9-13(19)16-12-8-10(14)2-3-11(12)15/h2-3,8,18H,4-7,9H2,1H3,(H,16,19). The van der Waals surface area contributed by atoms with E-state index in [1.54, 1.807) is 30.2 Å². The topological polar surface area (TPSA) is 61.8 Å². The van der Waals surface area contributed by atoms with Gasteiger partial charge in [0.25, 0.3) is 0 Å². The second-order valence-corrected chi connectivity index (χ2v) is 5.01. The SMILES string of the molecule is COCCN(CCO)CC(=O)Nc1cc(Cl)ccc1Cl. The molecule has 0 spiro atoms. The average molecular weight is 321 g/mol. The van der Waals surface area contributed by atoms with Crippen LogP contribution in [0.2, 0.25) is 10.0 Å². The summed E-state index contributed by atoms with van der Waals surface area (Å²) in [5.41, 5.74) is 0.472. The monoisotopic (exact) mass is 320 g/mol. The molecule has 0 aliphatic rings. The number of nitrogens with zero attached hydrogens (tertiary/aromatic N) is 1. The molecule has 0 aliphatic heterocycles. The van der Waals surface area contributed by atoms with Crippen molar-refractivity contribution >= 4 is 34.8 Å². The predicted octanol–water partition coefficient (Wildman–Crippen LogP) is 1.87. The lowest BCUT2D eigenvalue weighted by Crippen LogP contribution is -2.37. The second kappa shape index (κ2) is 9.15. The summed E-state index contributed by atoms with van der Waals surface area (Å²) < 4.78 is 4.96. The van der Waals surface area contributed by atoms with Crippen molar-refractivity contribution < 1.29 is 14.6 Å². The van der Waals surface area contributed by atoms with Crippen molar-refractivity contribution in [2.75, 3.05) is 45.3 Å². The molecule has 0 saturated carbocycles. The molecule has 5 nitrogen and oxygen atoms in total. The molecular formula is C13H18Cl2N2O3. The number of aliphatic hydroxyl groups is 1. The summed E-state index contributed by atoms with van der Waals surface area (Å²) in [5.74, 6) is -0.223. The van der Waals surface area contributed by atoms with Gasteiger partial charge in [0.1, 0.15) is 0 Å². The Balaban J connectivity index is 2.58. The number of carbonyl (C=O) groups excluding carboxylic acids is 1. The normalized spacial score (nSPS) is 10.8. The minimum Gasteiger partial charge on any atom is -0.395 e. The van der Waals surface area contributed by atoms with Crippen LogP contribution < -0.4 is 5.32 Å². The Kier molecular flexibility index (Phi) is 7.87. The number of aliphatic hydroxyl groups excluding tert-OH is 1. The van der Waals surface area contributed by atoms with Crippen molar-refractivity contribution in [2.24, 2.45) is 0 Å². The van der Waals surface area contributed by atoms with Crippen LogP contribution >= 0.6 is 23.2 Å². The van der Waals surface area contributed by atoms with Gasteiger partial charge in [-0.05, 0) is 18.2 Å². The Morgan fingerprint density at radius 1 is 1.40 bits per heavy atom. The molecule has 0 heterocycles. The van der Waals surface area contributed by atoms with E-state index in [9.17, 15) is 4.79 Å². The molecule has 1 rings (SSSR count). The zero-order chi connectivity index (χ0) is 15.0. The molecule has 0 radical (unpaired) electrons. The molecule has 0 saturated heterocycles. The van der Waals surface area contributed by atoms with Crippen LogP contribution in [0.1, 0.15) is 0 Å². The summed E-state index contributed by atoms with van der Waals surface area (Å²) >= 11 is 11.8. The van der Waals surface area contributed by atoms with E-state index in [-0.39, 0.29) is 19.1 Å². The first-order valence-corrected chi connectivity index (χ1v) is 6.89. The van der Waals surface area contributed by atoms with Crippen LogP contribution in [-0.4, -0.2) is 55.9 Å². The number of benzene rings is 1. The highest BCUT2D eigenvalue weighted by atomic mass is 35.5. The molecule has 0 unspecified atom stereocenters. The quantitative estimate of drug-likeness (QED) is 0.767. The number of hydrogen-bond acceptors (Lipinski definition) is 4. The first-order valence-electron chi connectivity index (χ1n) is 6.14. The van der Waals surface area contributed by atoms with Crippen molar-refractivity contribution in [3.8, 4) is 0 Å². The maximum Gasteiger partial charge on any atom is 0.238 e. The van der Waals surface area contributed by atoms with Crippen LogP contribution in [0.5, 0.6) is 0 Å². The third-order valence-corrected chi connectivity index (χ3v) is 3.16. The molecule has 20 heavy (non-hydrogen) atoms. The van der Waals surface area contributed by atoms with E-state index in [2.05, 4.69) is 5.32 Å².